The first kappa shape index (κ1) is 20.0. The Labute approximate surface area is 144 Å². The average Bonchev–Trinajstić information content (AvgIpc) is 2.47. The van der Waals surface area contributed by atoms with Crippen LogP contribution in [0.3, 0.4) is 0 Å². The molecule has 0 fully saturated rings. The number of rotatable bonds is 7. The van der Waals surface area contributed by atoms with Gasteiger partial charge in [-0.3, -0.25) is 4.79 Å². The maximum absolute atomic E-state index is 12.0. The first-order valence-corrected chi connectivity index (χ1v) is 8.13. The van der Waals surface area contributed by atoms with E-state index in [1.807, 2.05) is 32.9 Å². The fourth-order valence-corrected chi connectivity index (χ4v) is 1.95. The summed E-state index contributed by atoms with van der Waals surface area (Å²) in [6, 6.07) is 6.65. The van der Waals surface area contributed by atoms with E-state index < -0.39 is 17.7 Å². The Morgan fingerprint density at radius 3 is 2.42 bits per heavy atom. The predicted octanol–water partition coefficient (Wildman–Crippen LogP) is 2.83. The Hall–Kier alpha value is -2.08. The fraction of sp³-hybridized carbons (Fsp3) is 0.500. The van der Waals surface area contributed by atoms with Gasteiger partial charge in [-0.15, -0.1) is 0 Å². The monoisotopic (exact) mass is 334 g/mol. The zero-order valence-electron chi connectivity index (χ0n) is 14.7. The number of unbranched alkanes of at least 4 members (excludes halogenated alkanes) is 1. The third-order valence-corrected chi connectivity index (χ3v) is 3.17. The third kappa shape index (κ3) is 8.53. The molecule has 133 valence electrons. The number of hydrogen-bond donors (Lipinski definition) is 3. The Bertz CT molecular complexity index is 535. The molecule has 0 heterocycles. The van der Waals surface area contributed by atoms with E-state index in [1.54, 1.807) is 12.1 Å². The van der Waals surface area contributed by atoms with Crippen molar-refractivity contribution in [1.82, 2.24) is 5.32 Å². The quantitative estimate of drug-likeness (QED) is 0.668. The molecule has 1 aromatic rings. The van der Waals surface area contributed by atoms with Crippen LogP contribution in [-0.2, 0) is 9.53 Å². The van der Waals surface area contributed by atoms with E-state index in [4.69, 9.17) is 10.5 Å². The zero-order valence-corrected chi connectivity index (χ0v) is 14.7. The molecule has 6 nitrogen and oxygen atoms in total. The maximum atomic E-state index is 12.0. The van der Waals surface area contributed by atoms with Crippen molar-refractivity contribution in [2.75, 3.05) is 11.9 Å². The zero-order chi connectivity index (χ0) is 18.2. The first-order chi connectivity index (χ1) is 11.2. The van der Waals surface area contributed by atoms with Crippen LogP contribution in [0.4, 0.5) is 10.5 Å². The average molecular weight is 334 g/mol. The lowest BCUT2D eigenvalue weighted by Gasteiger charge is -2.19. The second-order valence-corrected chi connectivity index (χ2v) is 6.72. The molecule has 1 radical (unpaired) electrons. The highest BCUT2D eigenvalue weighted by atomic mass is 16.6. The van der Waals surface area contributed by atoms with Crippen molar-refractivity contribution < 1.29 is 14.3 Å². The largest absolute Gasteiger partial charge is 0.444 e. The van der Waals surface area contributed by atoms with Gasteiger partial charge >= 0.3 is 6.09 Å². The lowest BCUT2D eigenvalue weighted by atomic mass is 10.1. The molecule has 0 aliphatic carbocycles. The van der Waals surface area contributed by atoms with Crippen LogP contribution >= 0.6 is 0 Å². The summed E-state index contributed by atoms with van der Waals surface area (Å²) in [5.41, 5.74) is 6.97. The van der Waals surface area contributed by atoms with E-state index in [2.05, 4.69) is 17.6 Å². The highest BCUT2D eigenvalue weighted by molar-refractivity contribution is 5.94. The summed E-state index contributed by atoms with van der Waals surface area (Å²) >= 11 is 0. The molecule has 0 saturated heterocycles. The van der Waals surface area contributed by atoms with E-state index in [9.17, 15) is 9.59 Å². The molecule has 2 amide bonds. The fourth-order valence-electron chi connectivity index (χ4n) is 1.95. The normalized spacial score (nSPS) is 12.4. The predicted molar refractivity (Wildman–Crippen MR) is 95.6 cm³/mol. The lowest BCUT2D eigenvalue weighted by Crippen LogP contribution is -2.36. The molecule has 0 aliphatic heterocycles. The van der Waals surface area contributed by atoms with Gasteiger partial charge in [0, 0.05) is 12.2 Å². The van der Waals surface area contributed by atoms with E-state index in [1.165, 1.54) is 0 Å². The van der Waals surface area contributed by atoms with Crippen molar-refractivity contribution in [3.05, 3.63) is 36.8 Å². The van der Waals surface area contributed by atoms with Gasteiger partial charge in [-0.25, -0.2) is 4.79 Å². The summed E-state index contributed by atoms with van der Waals surface area (Å²) in [6.45, 7) is 9.73. The number of anilines is 1. The minimum absolute atomic E-state index is 0.216. The van der Waals surface area contributed by atoms with Crippen molar-refractivity contribution in [3.8, 4) is 0 Å². The SMILES string of the molecule is [CH2]c1ccc(NC(=O)[C@@H](N)CCCCNC(=O)OC(C)(C)C)cc1. The van der Waals surface area contributed by atoms with Crippen LogP contribution in [0.5, 0.6) is 0 Å². The highest BCUT2D eigenvalue weighted by Crippen LogP contribution is 2.10. The van der Waals surface area contributed by atoms with E-state index >= 15 is 0 Å². The molecule has 0 unspecified atom stereocenters. The molecular weight excluding hydrogens is 306 g/mol. The molecule has 1 rings (SSSR count). The van der Waals surface area contributed by atoms with Gasteiger partial charge in [0.2, 0.25) is 5.91 Å². The number of nitrogens with one attached hydrogen (secondary N) is 2. The Balaban J connectivity index is 2.19. The Kier molecular flexibility index (Phi) is 7.71. The number of carbonyl (C=O) groups is 2. The summed E-state index contributed by atoms with van der Waals surface area (Å²) in [7, 11) is 0. The van der Waals surface area contributed by atoms with E-state index in [0.717, 1.165) is 18.4 Å². The van der Waals surface area contributed by atoms with Crippen LogP contribution in [-0.4, -0.2) is 30.2 Å². The molecule has 4 N–H and O–H groups in total. The molecule has 0 aromatic heterocycles. The van der Waals surface area contributed by atoms with Crippen LogP contribution in [0, 0.1) is 6.92 Å². The summed E-state index contributed by atoms with van der Waals surface area (Å²) in [5, 5.41) is 5.45. The van der Waals surface area contributed by atoms with Crippen LogP contribution in [0.25, 0.3) is 0 Å². The van der Waals surface area contributed by atoms with Crippen molar-refractivity contribution >= 4 is 17.7 Å². The first-order valence-electron chi connectivity index (χ1n) is 8.13. The minimum Gasteiger partial charge on any atom is -0.444 e. The number of hydrogen-bond acceptors (Lipinski definition) is 4. The summed E-state index contributed by atoms with van der Waals surface area (Å²) in [6.07, 6.45) is 1.59. The Morgan fingerprint density at radius 2 is 1.83 bits per heavy atom. The molecule has 0 saturated carbocycles. The number of ether oxygens (including phenoxy) is 1. The molecule has 0 bridgehead atoms. The van der Waals surface area contributed by atoms with Crippen LogP contribution in [0.2, 0.25) is 0 Å². The maximum Gasteiger partial charge on any atom is 0.407 e. The Morgan fingerprint density at radius 1 is 1.21 bits per heavy atom. The van der Waals surface area contributed by atoms with Gasteiger partial charge in [-0.1, -0.05) is 12.1 Å². The second kappa shape index (κ2) is 9.27. The third-order valence-electron chi connectivity index (χ3n) is 3.17. The highest BCUT2D eigenvalue weighted by Gasteiger charge is 2.16. The van der Waals surface area contributed by atoms with Gasteiger partial charge in [0.1, 0.15) is 5.60 Å². The molecular formula is C18H28N3O3. The van der Waals surface area contributed by atoms with Gasteiger partial charge in [-0.2, -0.15) is 0 Å². The van der Waals surface area contributed by atoms with Crippen LogP contribution < -0.4 is 16.4 Å². The van der Waals surface area contributed by atoms with Gasteiger partial charge in [0.25, 0.3) is 0 Å². The summed E-state index contributed by atoms with van der Waals surface area (Å²) in [4.78, 5) is 23.4. The van der Waals surface area contributed by atoms with Crippen molar-refractivity contribution in [2.45, 2.75) is 51.7 Å². The molecule has 1 atom stereocenters. The number of carbonyl (C=O) groups excluding carboxylic acids is 2. The number of alkyl carbamates (subject to hydrolysis) is 1. The molecule has 6 heteroatoms. The topological polar surface area (TPSA) is 93.5 Å². The smallest absolute Gasteiger partial charge is 0.407 e. The van der Waals surface area contributed by atoms with Crippen LogP contribution in [0.1, 0.15) is 45.6 Å². The van der Waals surface area contributed by atoms with Crippen molar-refractivity contribution in [3.63, 3.8) is 0 Å². The minimum atomic E-state index is -0.578. The second-order valence-electron chi connectivity index (χ2n) is 6.72. The molecule has 1 aromatic carbocycles. The van der Waals surface area contributed by atoms with Gasteiger partial charge in [0.15, 0.2) is 0 Å². The van der Waals surface area contributed by atoms with E-state index in [-0.39, 0.29) is 5.91 Å². The number of nitrogens with two attached hydrogens (primary N) is 1. The van der Waals surface area contributed by atoms with Crippen molar-refractivity contribution in [1.29, 1.82) is 0 Å². The van der Waals surface area contributed by atoms with Gasteiger partial charge in [-0.05, 0) is 64.7 Å². The summed E-state index contributed by atoms with van der Waals surface area (Å²) < 4.78 is 5.14. The summed E-state index contributed by atoms with van der Waals surface area (Å²) in [5.74, 6) is -0.216. The molecule has 24 heavy (non-hydrogen) atoms. The van der Waals surface area contributed by atoms with E-state index in [0.29, 0.717) is 18.7 Å². The lowest BCUT2D eigenvalue weighted by molar-refractivity contribution is -0.117. The van der Waals surface area contributed by atoms with Crippen LogP contribution in [0.15, 0.2) is 24.3 Å². The number of benzene rings is 1. The molecule has 0 aliphatic rings. The van der Waals surface area contributed by atoms with Gasteiger partial charge in [0.05, 0.1) is 6.04 Å². The number of amides is 2. The molecule has 0 spiro atoms. The standard InChI is InChI=1S/C18H28N3O3/c1-13-8-10-14(11-9-13)21-16(22)15(19)7-5-6-12-20-17(23)24-18(2,3)4/h8-11,15H,1,5-7,12,19H2,2-4H3,(H,20,23)(H,21,22)/t15-/m0/s1. The van der Waals surface area contributed by atoms with Gasteiger partial charge < -0.3 is 21.1 Å². The van der Waals surface area contributed by atoms with Crippen molar-refractivity contribution in [2.24, 2.45) is 5.73 Å².